The van der Waals surface area contributed by atoms with E-state index in [1.54, 1.807) is 6.07 Å². The second-order valence-corrected chi connectivity index (χ2v) is 4.60. The zero-order valence-electron chi connectivity index (χ0n) is 11.5. The fourth-order valence-electron chi connectivity index (χ4n) is 1.97. The molecular formula is C17H12FN3O. The number of amides is 1. The second kappa shape index (κ2) is 6.13. The van der Waals surface area contributed by atoms with Crippen molar-refractivity contribution in [1.29, 1.82) is 0 Å². The van der Waals surface area contributed by atoms with Crippen LogP contribution in [0.15, 0.2) is 67.0 Å². The maximum Gasteiger partial charge on any atom is 0.258 e. The molecule has 0 aliphatic heterocycles. The average molecular weight is 293 g/mol. The number of carbonyl (C=O) groups is 1. The van der Waals surface area contributed by atoms with Gasteiger partial charge in [-0.1, -0.05) is 42.5 Å². The Morgan fingerprint density at radius 2 is 1.55 bits per heavy atom. The van der Waals surface area contributed by atoms with Crippen LogP contribution in [0.4, 0.5) is 10.1 Å². The summed E-state index contributed by atoms with van der Waals surface area (Å²) >= 11 is 0. The molecule has 4 nitrogen and oxygen atoms in total. The Kier molecular flexibility index (Phi) is 3.87. The minimum Gasteiger partial charge on any atom is -0.319 e. The number of rotatable bonds is 3. The fourth-order valence-corrected chi connectivity index (χ4v) is 1.97. The van der Waals surface area contributed by atoms with Gasteiger partial charge in [0.1, 0.15) is 5.82 Å². The largest absolute Gasteiger partial charge is 0.319 e. The van der Waals surface area contributed by atoms with Crippen molar-refractivity contribution in [3.63, 3.8) is 0 Å². The molecule has 0 aliphatic carbocycles. The van der Waals surface area contributed by atoms with E-state index in [1.807, 2.05) is 30.3 Å². The highest BCUT2D eigenvalue weighted by Gasteiger charge is 2.11. The van der Waals surface area contributed by atoms with Crippen molar-refractivity contribution in [3.8, 4) is 11.4 Å². The number of nitrogens with one attached hydrogen (secondary N) is 1. The smallest absolute Gasteiger partial charge is 0.258 e. The molecule has 1 aromatic heterocycles. The van der Waals surface area contributed by atoms with Gasteiger partial charge in [-0.05, 0) is 12.1 Å². The first kappa shape index (κ1) is 13.9. The summed E-state index contributed by atoms with van der Waals surface area (Å²) in [6.07, 6.45) is 2.99. The lowest BCUT2D eigenvalue weighted by atomic mass is 10.2. The van der Waals surface area contributed by atoms with E-state index >= 15 is 0 Å². The van der Waals surface area contributed by atoms with Gasteiger partial charge in [-0.25, -0.2) is 14.4 Å². The van der Waals surface area contributed by atoms with Crippen molar-refractivity contribution < 1.29 is 9.18 Å². The average Bonchev–Trinajstić information content (AvgIpc) is 2.57. The maximum absolute atomic E-state index is 13.5. The second-order valence-electron chi connectivity index (χ2n) is 4.60. The zero-order valence-corrected chi connectivity index (χ0v) is 11.5. The summed E-state index contributed by atoms with van der Waals surface area (Å²) in [6.45, 7) is 0. The topological polar surface area (TPSA) is 54.9 Å². The third kappa shape index (κ3) is 2.98. The Balaban J connectivity index is 1.77. The molecule has 108 valence electrons. The van der Waals surface area contributed by atoms with Crippen LogP contribution in [0.25, 0.3) is 11.4 Å². The number of hydrogen-bond acceptors (Lipinski definition) is 3. The number of aromatic nitrogens is 2. The fraction of sp³-hybridized carbons (Fsp3) is 0. The first-order valence-electron chi connectivity index (χ1n) is 6.67. The Hall–Kier alpha value is -3.08. The van der Waals surface area contributed by atoms with Gasteiger partial charge in [0.25, 0.3) is 5.91 Å². The van der Waals surface area contributed by atoms with Gasteiger partial charge in [0.15, 0.2) is 5.82 Å². The predicted molar refractivity (Wildman–Crippen MR) is 81.8 cm³/mol. The Morgan fingerprint density at radius 1 is 0.909 bits per heavy atom. The molecule has 0 saturated carbocycles. The number of halogens is 1. The quantitative estimate of drug-likeness (QED) is 0.803. The molecule has 5 heteroatoms. The van der Waals surface area contributed by atoms with Crippen LogP contribution < -0.4 is 5.32 Å². The number of nitrogens with zero attached hydrogens (tertiary/aromatic N) is 2. The van der Waals surface area contributed by atoms with Gasteiger partial charge in [0.2, 0.25) is 0 Å². The van der Waals surface area contributed by atoms with Gasteiger partial charge < -0.3 is 5.32 Å². The molecule has 0 fully saturated rings. The zero-order chi connectivity index (χ0) is 15.4. The van der Waals surface area contributed by atoms with E-state index in [9.17, 15) is 9.18 Å². The molecule has 3 aromatic rings. The molecule has 0 radical (unpaired) electrons. The van der Waals surface area contributed by atoms with E-state index in [-0.39, 0.29) is 5.56 Å². The van der Waals surface area contributed by atoms with E-state index < -0.39 is 11.7 Å². The molecule has 2 aromatic carbocycles. The minimum atomic E-state index is -0.568. The highest BCUT2D eigenvalue weighted by molar-refractivity contribution is 6.04. The van der Waals surface area contributed by atoms with Gasteiger partial charge in [0.05, 0.1) is 23.6 Å². The lowest BCUT2D eigenvalue weighted by Crippen LogP contribution is -2.14. The Bertz CT molecular complexity index is 789. The Labute approximate surface area is 126 Å². The van der Waals surface area contributed by atoms with Crippen molar-refractivity contribution in [2.45, 2.75) is 0 Å². The van der Waals surface area contributed by atoms with Crippen LogP contribution in [0.3, 0.4) is 0 Å². The summed E-state index contributed by atoms with van der Waals surface area (Å²) in [6, 6.07) is 15.3. The summed E-state index contributed by atoms with van der Waals surface area (Å²) in [4.78, 5) is 20.4. The van der Waals surface area contributed by atoms with Gasteiger partial charge in [-0.3, -0.25) is 4.79 Å². The van der Waals surface area contributed by atoms with Gasteiger partial charge in [0, 0.05) is 5.56 Å². The molecular weight excluding hydrogens is 281 g/mol. The van der Waals surface area contributed by atoms with E-state index in [4.69, 9.17) is 0 Å². The minimum absolute atomic E-state index is 0.0189. The van der Waals surface area contributed by atoms with Gasteiger partial charge in [-0.15, -0.1) is 0 Å². The summed E-state index contributed by atoms with van der Waals surface area (Å²) in [5.74, 6) is -0.541. The lowest BCUT2D eigenvalue weighted by Gasteiger charge is -2.06. The molecule has 0 bridgehead atoms. The van der Waals surface area contributed by atoms with Crippen LogP contribution in [0.1, 0.15) is 10.4 Å². The van der Waals surface area contributed by atoms with Crippen LogP contribution in [0.5, 0.6) is 0 Å². The van der Waals surface area contributed by atoms with Crippen LogP contribution in [-0.2, 0) is 0 Å². The van der Waals surface area contributed by atoms with Gasteiger partial charge >= 0.3 is 0 Å². The molecule has 22 heavy (non-hydrogen) atoms. The number of carbonyl (C=O) groups excluding carboxylic acids is 1. The third-order valence-corrected chi connectivity index (χ3v) is 3.06. The molecule has 0 unspecified atom stereocenters. The molecule has 1 N–H and O–H groups in total. The summed E-state index contributed by atoms with van der Waals surface area (Å²) in [5.41, 5.74) is 1.28. The normalized spacial score (nSPS) is 10.2. The van der Waals surface area contributed by atoms with Crippen molar-refractivity contribution in [3.05, 3.63) is 78.4 Å². The molecule has 0 atom stereocenters. The van der Waals surface area contributed by atoms with Crippen LogP contribution in [-0.4, -0.2) is 15.9 Å². The summed E-state index contributed by atoms with van der Waals surface area (Å²) in [5, 5.41) is 2.57. The first-order chi connectivity index (χ1) is 10.7. The van der Waals surface area contributed by atoms with Gasteiger partial charge in [-0.2, -0.15) is 0 Å². The van der Waals surface area contributed by atoms with Crippen molar-refractivity contribution >= 4 is 11.6 Å². The SMILES string of the molecule is O=C(Nc1cnc(-c2ccccc2)nc1)c1ccccc1F. The van der Waals surface area contributed by atoms with E-state index in [2.05, 4.69) is 15.3 Å². The molecule has 0 aliphatic rings. The monoisotopic (exact) mass is 293 g/mol. The molecule has 1 heterocycles. The summed E-state index contributed by atoms with van der Waals surface area (Å²) < 4.78 is 13.5. The highest BCUT2D eigenvalue weighted by atomic mass is 19.1. The maximum atomic E-state index is 13.5. The standard InChI is InChI=1S/C17H12FN3O/c18-15-9-5-4-8-14(15)17(22)21-13-10-19-16(20-11-13)12-6-2-1-3-7-12/h1-11H,(H,21,22). The molecule has 0 saturated heterocycles. The highest BCUT2D eigenvalue weighted by Crippen LogP contribution is 2.15. The predicted octanol–water partition coefficient (Wildman–Crippen LogP) is 3.54. The van der Waals surface area contributed by atoms with E-state index in [1.165, 1.54) is 30.6 Å². The number of anilines is 1. The third-order valence-electron chi connectivity index (χ3n) is 3.06. The Morgan fingerprint density at radius 3 is 2.23 bits per heavy atom. The van der Waals surface area contributed by atoms with Crippen molar-refractivity contribution in [1.82, 2.24) is 9.97 Å². The lowest BCUT2D eigenvalue weighted by molar-refractivity contribution is 0.102. The molecule has 1 amide bonds. The first-order valence-corrected chi connectivity index (χ1v) is 6.67. The molecule has 3 rings (SSSR count). The van der Waals surface area contributed by atoms with Crippen molar-refractivity contribution in [2.24, 2.45) is 0 Å². The van der Waals surface area contributed by atoms with Crippen LogP contribution in [0, 0.1) is 5.82 Å². The number of benzene rings is 2. The van der Waals surface area contributed by atoms with E-state index in [0.717, 1.165) is 5.56 Å². The van der Waals surface area contributed by atoms with E-state index in [0.29, 0.717) is 11.5 Å². The molecule has 0 spiro atoms. The summed E-state index contributed by atoms with van der Waals surface area (Å²) in [7, 11) is 0. The van der Waals surface area contributed by atoms with Crippen molar-refractivity contribution in [2.75, 3.05) is 5.32 Å². The van der Waals surface area contributed by atoms with Crippen LogP contribution >= 0.6 is 0 Å². The van der Waals surface area contributed by atoms with Crippen LogP contribution in [0.2, 0.25) is 0 Å². The number of hydrogen-bond donors (Lipinski definition) is 1.